The molecule has 0 bridgehead atoms. The van der Waals surface area contributed by atoms with Gasteiger partial charge in [-0.3, -0.25) is 9.59 Å². The lowest BCUT2D eigenvalue weighted by Gasteiger charge is -2.36. The number of thioether (sulfide) groups is 1. The van der Waals surface area contributed by atoms with Crippen molar-refractivity contribution in [2.75, 3.05) is 36.8 Å². The number of amides is 1. The van der Waals surface area contributed by atoms with Gasteiger partial charge in [0.1, 0.15) is 10.8 Å². The van der Waals surface area contributed by atoms with Crippen molar-refractivity contribution in [3.05, 3.63) is 72.2 Å². The van der Waals surface area contributed by atoms with Gasteiger partial charge in [-0.25, -0.2) is 14.4 Å². The van der Waals surface area contributed by atoms with Gasteiger partial charge in [0, 0.05) is 37.1 Å². The maximum absolute atomic E-state index is 14.5. The largest absolute Gasteiger partial charge is 0.461 e. The molecule has 4 aromatic rings. The summed E-state index contributed by atoms with van der Waals surface area (Å²) in [5, 5.41) is 1.61. The first-order valence-corrected chi connectivity index (χ1v) is 12.2. The molecule has 7 nitrogen and oxygen atoms in total. The van der Waals surface area contributed by atoms with Gasteiger partial charge in [-0.2, -0.15) is 0 Å². The van der Waals surface area contributed by atoms with Crippen LogP contribution in [0.5, 0.6) is 0 Å². The molecule has 2 aromatic carbocycles. The monoisotopic (exact) mass is 490 g/mol. The molecule has 0 aliphatic carbocycles. The maximum Gasteiger partial charge on any atom is 0.233 e. The summed E-state index contributed by atoms with van der Waals surface area (Å²) >= 11 is 1.38. The van der Waals surface area contributed by atoms with Gasteiger partial charge in [-0.15, -0.1) is 0 Å². The summed E-state index contributed by atoms with van der Waals surface area (Å²) in [4.78, 5) is 37.4. The fourth-order valence-electron chi connectivity index (χ4n) is 4.07. The molecule has 1 aliphatic rings. The SMILES string of the molecule is CC(=O)c1ccc(N2CCN(C(=O)CSc3nc(-c4ccco4)nc4ccccc34)CC2)c(F)c1. The van der Waals surface area contributed by atoms with Crippen molar-refractivity contribution in [2.24, 2.45) is 0 Å². The molecule has 2 aromatic heterocycles. The van der Waals surface area contributed by atoms with E-state index in [9.17, 15) is 14.0 Å². The normalized spacial score (nSPS) is 13.9. The molecule has 0 radical (unpaired) electrons. The number of piperazine rings is 1. The lowest BCUT2D eigenvalue weighted by Crippen LogP contribution is -2.49. The van der Waals surface area contributed by atoms with Crippen LogP contribution in [0.3, 0.4) is 0 Å². The number of furan rings is 1. The smallest absolute Gasteiger partial charge is 0.233 e. The van der Waals surface area contributed by atoms with Gasteiger partial charge in [0.2, 0.25) is 5.91 Å². The molecule has 0 atom stereocenters. The Labute approximate surface area is 206 Å². The molecule has 0 saturated carbocycles. The molecule has 1 amide bonds. The van der Waals surface area contributed by atoms with Gasteiger partial charge in [0.25, 0.3) is 0 Å². The number of nitrogens with zero attached hydrogens (tertiary/aromatic N) is 4. The Balaban J connectivity index is 1.24. The Kier molecular flexibility index (Phi) is 6.50. The number of hydrogen-bond acceptors (Lipinski definition) is 7. The van der Waals surface area contributed by atoms with E-state index in [0.717, 1.165) is 15.9 Å². The summed E-state index contributed by atoms with van der Waals surface area (Å²) in [7, 11) is 0. The number of para-hydroxylation sites is 1. The minimum atomic E-state index is -0.420. The van der Waals surface area contributed by atoms with Crippen LogP contribution in [0.4, 0.5) is 10.1 Å². The van der Waals surface area contributed by atoms with Crippen LogP contribution < -0.4 is 4.90 Å². The Morgan fingerprint density at radius 3 is 2.54 bits per heavy atom. The zero-order valence-corrected chi connectivity index (χ0v) is 19.9. The van der Waals surface area contributed by atoms with Crippen molar-refractivity contribution in [2.45, 2.75) is 11.9 Å². The van der Waals surface area contributed by atoms with Crippen LogP contribution in [-0.4, -0.2) is 58.5 Å². The van der Waals surface area contributed by atoms with Crippen LogP contribution in [0.25, 0.3) is 22.5 Å². The number of benzene rings is 2. The second-order valence-corrected chi connectivity index (χ2v) is 9.19. The van der Waals surface area contributed by atoms with Crippen molar-refractivity contribution in [1.29, 1.82) is 0 Å². The highest BCUT2D eigenvalue weighted by molar-refractivity contribution is 8.00. The Bertz CT molecular complexity index is 1380. The molecule has 1 aliphatic heterocycles. The number of carbonyl (C=O) groups is 2. The number of Topliss-reactive ketones (excluding diaryl/α,β-unsaturated/α-hetero) is 1. The number of halogens is 1. The summed E-state index contributed by atoms with van der Waals surface area (Å²) in [6.45, 7) is 3.45. The third kappa shape index (κ3) is 4.90. The lowest BCUT2D eigenvalue weighted by molar-refractivity contribution is -0.128. The predicted octanol–water partition coefficient (Wildman–Crippen LogP) is 4.67. The number of rotatable bonds is 6. The van der Waals surface area contributed by atoms with Crippen molar-refractivity contribution in [3.63, 3.8) is 0 Å². The van der Waals surface area contributed by atoms with E-state index in [4.69, 9.17) is 4.42 Å². The maximum atomic E-state index is 14.5. The van der Waals surface area contributed by atoms with Gasteiger partial charge >= 0.3 is 0 Å². The Morgan fingerprint density at radius 1 is 1.03 bits per heavy atom. The van der Waals surface area contributed by atoms with E-state index in [0.29, 0.717) is 49.0 Å². The Hall–Kier alpha value is -3.72. The average molecular weight is 491 g/mol. The number of hydrogen-bond donors (Lipinski definition) is 0. The van der Waals surface area contributed by atoms with E-state index in [-0.39, 0.29) is 17.4 Å². The van der Waals surface area contributed by atoms with Gasteiger partial charge in [0.05, 0.1) is 23.2 Å². The highest BCUT2D eigenvalue weighted by Gasteiger charge is 2.24. The molecule has 0 N–H and O–H groups in total. The van der Waals surface area contributed by atoms with Crippen LogP contribution in [0, 0.1) is 5.82 Å². The second-order valence-electron chi connectivity index (χ2n) is 8.23. The molecule has 1 fully saturated rings. The molecular weight excluding hydrogens is 467 g/mol. The van der Waals surface area contributed by atoms with Gasteiger partial charge in [-0.1, -0.05) is 30.0 Å². The van der Waals surface area contributed by atoms with E-state index in [1.165, 1.54) is 24.8 Å². The van der Waals surface area contributed by atoms with Gasteiger partial charge in [-0.05, 0) is 43.3 Å². The fourth-order valence-corrected chi connectivity index (χ4v) is 5.00. The zero-order valence-electron chi connectivity index (χ0n) is 19.1. The first-order chi connectivity index (χ1) is 17.0. The molecule has 5 rings (SSSR count). The topological polar surface area (TPSA) is 79.5 Å². The number of aromatic nitrogens is 2. The highest BCUT2D eigenvalue weighted by Crippen LogP contribution is 2.29. The number of fused-ring (bicyclic) bond motifs is 1. The second kappa shape index (κ2) is 9.87. The minimum Gasteiger partial charge on any atom is -0.461 e. The summed E-state index contributed by atoms with van der Waals surface area (Å²) in [5.41, 5.74) is 1.59. The van der Waals surface area contributed by atoms with Crippen LogP contribution >= 0.6 is 11.8 Å². The molecule has 9 heteroatoms. The third-order valence-corrected chi connectivity index (χ3v) is 6.95. The predicted molar refractivity (Wildman–Crippen MR) is 133 cm³/mol. The van der Waals surface area contributed by atoms with Crippen LogP contribution in [0.2, 0.25) is 0 Å². The van der Waals surface area contributed by atoms with Crippen LogP contribution in [-0.2, 0) is 4.79 Å². The zero-order chi connectivity index (χ0) is 24.4. The lowest BCUT2D eigenvalue weighted by atomic mass is 10.1. The molecule has 0 unspecified atom stereocenters. The summed E-state index contributed by atoms with van der Waals surface area (Å²) < 4.78 is 20.0. The third-order valence-electron chi connectivity index (χ3n) is 5.97. The standard InChI is InChI=1S/C26H23FN4O3S/c1-17(32)18-8-9-22(20(27)15-18)30-10-12-31(13-11-30)24(33)16-35-26-19-5-2-3-6-21(19)28-25(29-26)23-7-4-14-34-23/h2-9,14-15H,10-13,16H2,1H3. The summed E-state index contributed by atoms with van der Waals surface area (Å²) in [5.74, 6) is 0.704. The number of carbonyl (C=O) groups excluding carboxylic acids is 2. The summed E-state index contributed by atoms with van der Waals surface area (Å²) in [6.07, 6.45) is 1.58. The summed E-state index contributed by atoms with van der Waals surface area (Å²) in [6, 6.07) is 15.8. The average Bonchev–Trinajstić information content (AvgIpc) is 3.42. The number of anilines is 1. The molecule has 1 saturated heterocycles. The minimum absolute atomic E-state index is 0.00397. The fraction of sp³-hybridized carbons (Fsp3) is 0.231. The van der Waals surface area contributed by atoms with E-state index in [2.05, 4.69) is 9.97 Å². The van der Waals surface area contributed by atoms with E-state index >= 15 is 0 Å². The van der Waals surface area contributed by atoms with Crippen LogP contribution in [0.1, 0.15) is 17.3 Å². The van der Waals surface area contributed by atoms with E-state index < -0.39 is 5.82 Å². The van der Waals surface area contributed by atoms with E-state index in [1.807, 2.05) is 29.2 Å². The highest BCUT2D eigenvalue weighted by atomic mass is 32.2. The molecule has 3 heterocycles. The van der Waals surface area contributed by atoms with Crippen molar-refractivity contribution in [3.8, 4) is 11.6 Å². The van der Waals surface area contributed by atoms with Crippen LogP contribution in [0.15, 0.2) is 70.3 Å². The quantitative estimate of drug-likeness (QED) is 0.221. The first-order valence-electron chi connectivity index (χ1n) is 11.3. The molecular formula is C26H23FN4O3S. The van der Waals surface area contributed by atoms with Crippen molar-refractivity contribution in [1.82, 2.24) is 14.9 Å². The molecule has 178 valence electrons. The van der Waals surface area contributed by atoms with Gasteiger partial charge in [0.15, 0.2) is 17.4 Å². The van der Waals surface area contributed by atoms with Crippen molar-refractivity contribution < 1.29 is 18.4 Å². The Morgan fingerprint density at radius 2 is 1.83 bits per heavy atom. The van der Waals surface area contributed by atoms with E-state index in [1.54, 1.807) is 35.4 Å². The molecule has 35 heavy (non-hydrogen) atoms. The van der Waals surface area contributed by atoms with Gasteiger partial charge < -0.3 is 14.2 Å². The molecule has 0 spiro atoms. The first kappa shape index (κ1) is 23.0. The number of ketones is 1. The van der Waals surface area contributed by atoms with Crippen molar-refractivity contribution >= 4 is 40.0 Å².